The van der Waals surface area contributed by atoms with Gasteiger partial charge in [0.2, 0.25) is 5.91 Å². The van der Waals surface area contributed by atoms with Gasteiger partial charge in [0.25, 0.3) is 0 Å². The van der Waals surface area contributed by atoms with Crippen LogP contribution in [-0.2, 0) is 31.9 Å². The molecule has 14 heteroatoms. The average Bonchev–Trinajstić information content (AvgIpc) is 3.32. The molecule has 0 unspecified atom stereocenters. The van der Waals surface area contributed by atoms with E-state index in [-0.39, 0.29) is 5.56 Å². The molecule has 0 saturated carbocycles. The normalized spacial score (nSPS) is 14.0. The number of carboxylic acid groups (broad SMARTS) is 3. The number of rotatable bonds is 10. The second-order valence-corrected chi connectivity index (χ2v) is 20.2. The van der Waals surface area contributed by atoms with Gasteiger partial charge in [-0.1, -0.05) is 24.3 Å². The molecule has 2 aliphatic heterocycles. The van der Waals surface area contributed by atoms with Gasteiger partial charge in [0.15, 0.2) is 12.2 Å². The number of carbonyl (C=O) groups is 4. The van der Waals surface area contributed by atoms with Crippen molar-refractivity contribution in [2.75, 3.05) is 13.2 Å². The molecule has 2 aliphatic rings. The Morgan fingerprint density at radius 2 is 1.00 bits per heavy atom. The molecule has 14 nitrogen and oxygen atoms in total. The minimum atomic E-state index is -1.24. The molecule has 72 heavy (non-hydrogen) atoms. The summed E-state index contributed by atoms with van der Waals surface area (Å²) in [6, 6.07) is 25.4. The predicted octanol–water partition coefficient (Wildman–Crippen LogP) is 11.3. The summed E-state index contributed by atoms with van der Waals surface area (Å²) in [7, 11) is 0. The largest absolute Gasteiger partial charge is 0.493 e. The Morgan fingerprint density at radius 3 is 1.39 bits per heavy atom. The highest BCUT2D eigenvalue weighted by Crippen LogP contribution is 2.47. The number of nitrogens with two attached hydrogens (primary N) is 1. The molecule has 2 atom stereocenters. The van der Waals surface area contributed by atoms with Gasteiger partial charge in [-0.05, 0) is 171 Å². The zero-order valence-corrected chi connectivity index (χ0v) is 41.3. The Kier molecular flexibility index (Phi) is 12.7. The first kappa shape index (κ1) is 49.1. The highest BCUT2D eigenvalue weighted by atomic mass is 16.5. The van der Waals surface area contributed by atoms with Crippen molar-refractivity contribution in [3.8, 4) is 33.8 Å². The van der Waals surface area contributed by atoms with Gasteiger partial charge < -0.3 is 40.0 Å². The van der Waals surface area contributed by atoms with Crippen molar-refractivity contribution in [2.45, 2.75) is 91.6 Å². The van der Waals surface area contributed by atoms with Gasteiger partial charge in [-0.3, -0.25) is 14.8 Å². The first-order chi connectivity index (χ1) is 34.1. The van der Waals surface area contributed by atoms with E-state index in [2.05, 4.69) is 0 Å². The first-order valence-corrected chi connectivity index (χ1v) is 23.7. The zero-order chi connectivity index (χ0) is 51.6. The minimum absolute atomic E-state index is 0.157. The third kappa shape index (κ3) is 9.26. The maximum Gasteiger partial charge on any atom is 0.337 e. The highest BCUT2D eigenvalue weighted by molar-refractivity contribution is 6.12. The summed E-state index contributed by atoms with van der Waals surface area (Å²) in [6.45, 7) is 15.8. The van der Waals surface area contributed by atoms with Crippen LogP contribution in [0.4, 0.5) is 0 Å². The number of aromatic nitrogens is 2. The second-order valence-electron chi connectivity index (χ2n) is 20.2. The van der Waals surface area contributed by atoms with E-state index in [0.29, 0.717) is 57.5 Å². The standard InChI is InChI=1S/C29H28N2O5.C29H27NO6/c1-15-13-18-14-17(27(30)32)5-6-19(18)24(22(15)26(28(33)34)36-29(2,3)4)20-7-8-21-23-16(10-12-35-21)9-11-31-25(20)23;1-15-13-18-14-17(27(31)32)5-6-19(18)24(22(15)26(28(33)34)36-29(2,3)4)20-7-8-21-23-16(10-12-35-21)9-11-30-25(20)23/h5-9,11,13-14,26H,10,12H2,1-4H3,(H2,30,32)(H,33,34);5-9,11,13-14,26H,10,12H2,1-4H3,(H,31,32)(H,33,34)/t2*26-/m00/s1. The van der Waals surface area contributed by atoms with Crippen LogP contribution in [-0.4, -0.2) is 73.5 Å². The molecule has 0 bridgehead atoms. The third-order valence-electron chi connectivity index (χ3n) is 12.9. The number of nitrogens with zero attached hydrogens (tertiary/aromatic N) is 2. The number of benzene rings is 6. The van der Waals surface area contributed by atoms with Crippen LogP contribution in [0.1, 0.15) is 108 Å². The van der Waals surface area contributed by atoms with Crippen LogP contribution in [0, 0.1) is 13.8 Å². The van der Waals surface area contributed by atoms with Gasteiger partial charge in [0.1, 0.15) is 11.5 Å². The topological polar surface area (TPSA) is 218 Å². The van der Waals surface area contributed by atoms with Crippen LogP contribution in [0.3, 0.4) is 0 Å². The van der Waals surface area contributed by atoms with Gasteiger partial charge in [-0.2, -0.15) is 0 Å². The molecular formula is C58H55N3O11. The zero-order valence-electron chi connectivity index (χ0n) is 41.3. The van der Waals surface area contributed by atoms with Crippen LogP contribution in [0.2, 0.25) is 0 Å². The fourth-order valence-corrected chi connectivity index (χ4v) is 10.0. The Labute approximate surface area is 415 Å². The summed E-state index contributed by atoms with van der Waals surface area (Å²) in [5.74, 6) is -2.23. The van der Waals surface area contributed by atoms with Crippen molar-refractivity contribution in [1.29, 1.82) is 0 Å². The molecule has 0 saturated heterocycles. The summed E-state index contributed by atoms with van der Waals surface area (Å²) in [4.78, 5) is 58.2. The number of ether oxygens (including phenoxy) is 4. The summed E-state index contributed by atoms with van der Waals surface area (Å²) in [5, 5.41) is 35.0. The van der Waals surface area contributed by atoms with Gasteiger partial charge in [0, 0.05) is 63.8 Å². The molecule has 2 aromatic heterocycles. The summed E-state index contributed by atoms with van der Waals surface area (Å²) < 4.78 is 24.0. The fraction of sp³-hybridized carbons (Fsp3) is 0.276. The molecular weight excluding hydrogens is 915 g/mol. The van der Waals surface area contributed by atoms with Gasteiger partial charge in [0.05, 0.1) is 41.0 Å². The molecule has 0 fully saturated rings. The lowest BCUT2D eigenvalue weighted by molar-refractivity contribution is -0.161. The fourth-order valence-electron chi connectivity index (χ4n) is 10.0. The van der Waals surface area contributed by atoms with E-state index in [9.17, 15) is 34.5 Å². The first-order valence-electron chi connectivity index (χ1n) is 23.7. The molecule has 4 heterocycles. The summed E-state index contributed by atoms with van der Waals surface area (Å²) in [6.07, 6.45) is 2.59. The SMILES string of the molecule is Cc1cc2cc(C(=O)O)ccc2c(-c2ccc3c4c(ccnc24)CCO3)c1[C@H](OC(C)(C)C)C(=O)O.Cc1cc2cc(C(N)=O)ccc2c(-c2ccc3c4c(ccnc24)CCO3)c1[C@H](OC(C)(C)C)C(=O)O. The highest BCUT2D eigenvalue weighted by Gasteiger charge is 2.35. The average molecular weight is 970 g/mol. The lowest BCUT2D eigenvalue weighted by atomic mass is 9.85. The number of fused-ring (bicyclic) bond motifs is 2. The number of carbonyl (C=O) groups excluding carboxylic acids is 1. The Morgan fingerprint density at radius 1 is 0.583 bits per heavy atom. The van der Waals surface area contributed by atoms with E-state index >= 15 is 0 Å². The van der Waals surface area contributed by atoms with Gasteiger partial charge in [-0.25, -0.2) is 14.4 Å². The Bertz CT molecular complexity index is 3320. The Balaban J connectivity index is 0.000000178. The van der Waals surface area contributed by atoms with Crippen molar-refractivity contribution in [2.24, 2.45) is 5.73 Å². The summed E-state index contributed by atoms with van der Waals surface area (Å²) in [5.41, 5.74) is 13.7. The Hall–Kier alpha value is -7.94. The maximum atomic E-state index is 12.6. The van der Waals surface area contributed by atoms with Crippen molar-refractivity contribution in [1.82, 2.24) is 9.97 Å². The minimum Gasteiger partial charge on any atom is -0.493 e. The lowest BCUT2D eigenvalue weighted by Crippen LogP contribution is -2.28. The number of carboxylic acids is 3. The molecule has 6 aromatic carbocycles. The van der Waals surface area contributed by atoms with Crippen molar-refractivity contribution in [3.63, 3.8) is 0 Å². The predicted molar refractivity (Wildman–Crippen MR) is 275 cm³/mol. The van der Waals surface area contributed by atoms with E-state index in [1.807, 2.05) is 110 Å². The lowest BCUT2D eigenvalue weighted by Gasteiger charge is -2.29. The molecule has 10 rings (SSSR count). The van der Waals surface area contributed by atoms with Gasteiger partial charge in [-0.15, -0.1) is 0 Å². The van der Waals surface area contributed by atoms with E-state index in [1.165, 1.54) is 6.07 Å². The van der Waals surface area contributed by atoms with Crippen LogP contribution >= 0.6 is 0 Å². The summed E-state index contributed by atoms with van der Waals surface area (Å²) >= 11 is 0. The molecule has 0 radical (unpaired) electrons. The number of aromatic carboxylic acids is 1. The third-order valence-corrected chi connectivity index (χ3v) is 12.9. The van der Waals surface area contributed by atoms with E-state index in [0.717, 1.165) is 84.6 Å². The van der Waals surface area contributed by atoms with E-state index in [4.69, 9.17) is 34.6 Å². The van der Waals surface area contributed by atoms with E-state index < -0.39 is 47.2 Å². The van der Waals surface area contributed by atoms with Crippen molar-refractivity contribution >= 4 is 67.2 Å². The van der Waals surface area contributed by atoms with Crippen LogP contribution in [0.5, 0.6) is 11.5 Å². The smallest absolute Gasteiger partial charge is 0.337 e. The number of pyridine rings is 2. The van der Waals surface area contributed by atoms with Crippen LogP contribution in [0.15, 0.2) is 97.3 Å². The number of hydrogen-bond acceptors (Lipinski definition) is 10. The number of hydrogen-bond donors (Lipinski definition) is 4. The molecule has 0 spiro atoms. The maximum absolute atomic E-state index is 12.6. The number of amides is 1. The quantitative estimate of drug-likeness (QED) is 0.100. The second kappa shape index (κ2) is 18.7. The van der Waals surface area contributed by atoms with Crippen molar-refractivity contribution < 1.29 is 53.4 Å². The molecule has 1 amide bonds. The van der Waals surface area contributed by atoms with E-state index in [1.54, 1.807) is 36.7 Å². The molecule has 368 valence electrons. The molecule has 5 N–H and O–H groups in total. The number of aliphatic carboxylic acids is 2. The van der Waals surface area contributed by atoms with Crippen molar-refractivity contribution in [3.05, 3.63) is 142 Å². The molecule has 8 aromatic rings. The van der Waals surface area contributed by atoms with Crippen LogP contribution in [0.25, 0.3) is 65.6 Å². The number of primary amides is 1. The van der Waals surface area contributed by atoms with Crippen LogP contribution < -0.4 is 15.2 Å². The monoisotopic (exact) mass is 969 g/mol. The number of aryl methyl sites for hydroxylation is 2. The molecule has 0 aliphatic carbocycles. The van der Waals surface area contributed by atoms with Gasteiger partial charge >= 0.3 is 17.9 Å².